The third-order valence-corrected chi connectivity index (χ3v) is 13.7. The molecule has 0 aliphatic heterocycles. The molecule has 0 aromatic carbocycles. The van der Waals surface area contributed by atoms with Crippen LogP contribution < -0.4 is 5.73 Å². The highest BCUT2D eigenvalue weighted by molar-refractivity contribution is 5.21. The Morgan fingerprint density at radius 2 is 1.56 bits per heavy atom. The van der Waals surface area contributed by atoms with E-state index in [2.05, 4.69) is 48.1 Å². The minimum atomic E-state index is -0.117. The van der Waals surface area contributed by atoms with E-state index >= 15 is 0 Å². The Bertz CT molecular complexity index is 792. The Balaban J connectivity index is 1.54. The summed E-state index contributed by atoms with van der Waals surface area (Å²) in [4.78, 5) is 0. The third-order valence-electron chi connectivity index (χ3n) is 13.7. The van der Waals surface area contributed by atoms with E-state index in [-0.39, 0.29) is 18.1 Å². The van der Waals surface area contributed by atoms with Gasteiger partial charge in [0, 0.05) is 11.5 Å². The summed E-state index contributed by atoms with van der Waals surface area (Å²) >= 11 is 0. The van der Waals surface area contributed by atoms with E-state index in [0.29, 0.717) is 27.6 Å². The van der Waals surface area contributed by atoms with Gasteiger partial charge in [0.2, 0.25) is 0 Å². The van der Waals surface area contributed by atoms with Gasteiger partial charge in [-0.3, -0.25) is 0 Å². The number of rotatable bonds is 2. The predicted molar refractivity (Wildman–Crippen MR) is 134 cm³/mol. The van der Waals surface area contributed by atoms with Crippen molar-refractivity contribution >= 4 is 0 Å². The summed E-state index contributed by atoms with van der Waals surface area (Å²) in [6.07, 6.45) is 13.3. The Hall–Kier alpha value is -0.340. The SMILES string of the molecule is C=C(C)C1CCC2(C)CCC3(C)C(CCC4C5(C)CCC(N)C(C)(CO)C5CCC43C)C12. The maximum absolute atomic E-state index is 10.5. The van der Waals surface area contributed by atoms with E-state index in [9.17, 15) is 5.11 Å². The molecule has 5 saturated carbocycles. The van der Waals surface area contributed by atoms with Crippen LogP contribution in [-0.2, 0) is 0 Å². The van der Waals surface area contributed by atoms with Crippen LogP contribution >= 0.6 is 0 Å². The number of aliphatic hydroxyl groups excluding tert-OH is 1. The highest BCUT2D eigenvalue weighted by Gasteiger charge is 2.70. The van der Waals surface area contributed by atoms with E-state index in [1.165, 1.54) is 63.4 Å². The number of allylic oxidation sites excluding steroid dienone is 1. The quantitative estimate of drug-likeness (QED) is 0.455. The fraction of sp³-hybridized carbons (Fsp3) is 0.933. The summed E-state index contributed by atoms with van der Waals surface area (Å²) in [5.41, 5.74) is 9.69. The summed E-state index contributed by atoms with van der Waals surface area (Å²) in [5, 5.41) is 10.5. The van der Waals surface area contributed by atoms with Crippen molar-refractivity contribution in [1.29, 1.82) is 0 Å². The van der Waals surface area contributed by atoms with E-state index in [0.717, 1.165) is 30.1 Å². The van der Waals surface area contributed by atoms with Gasteiger partial charge >= 0.3 is 0 Å². The molecule has 0 heterocycles. The Kier molecular flexibility index (Phi) is 5.19. The van der Waals surface area contributed by atoms with Crippen LogP contribution in [0, 0.1) is 56.7 Å². The summed E-state index contributed by atoms with van der Waals surface area (Å²) in [6.45, 7) is 20.0. The number of fused-ring (bicyclic) bond motifs is 7. The standard InChI is InChI=1S/C30H51NO/c1-19(2)20-10-13-26(3)16-17-29(6)21(25(20)26)8-9-23-27(4)14-12-24(31)28(5,18-32)22(27)11-15-30(23,29)7/h20-25,32H,1,8-18,31H2,2-7H3. The van der Waals surface area contributed by atoms with Crippen LogP contribution in [0.1, 0.15) is 106 Å². The second-order valence-corrected chi connectivity index (χ2v) is 14.6. The average molecular weight is 442 g/mol. The minimum absolute atomic E-state index is 0.117. The van der Waals surface area contributed by atoms with Crippen LogP contribution in [0.25, 0.3) is 0 Å². The lowest BCUT2D eigenvalue weighted by Gasteiger charge is -2.73. The predicted octanol–water partition coefficient (Wildman–Crippen LogP) is 6.96. The highest BCUT2D eigenvalue weighted by Crippen LogP contribution is 2.77. The van der Waals surface area contributed by atoms with E-state index in [4.69, 9.17) is 5.73 Å². The van der Waals surface area contributed by atoms with Gasteiger partial charge in [-0.2, -0.15) is 0 Å². The lowest BCUT2D eigenvalue weighted by Crippen LogP contribution is -2.68. The normalized spacial score (nSPS) is 59.5. The van der Waals surface area contributed by atoms with E-state index in [1.807, 2.05) is 0 Å². The van der Waals surface area contributed by atoms with Crippen LogP contribution in [0.3, 0.4) is 0 Å². The van der Waals surface area contributed by atoms with Gasteiger partial charge in [0.1, 0.15) is 0 Å². The topological polar surface area (TPSA) is 46.2 Å². The van der Waals surface area contributed by atoms with Crippen molar-refractivity contribution in [1.82, 2.24) is 0 Å². The molecule has 5 rings (SSSR count). The monoisotopic (exact) mass is 441 g/mol. The van der Waals surface area contributed by atoms with Crippen LogP contribution in [0.2, 0.25) is 0 Å². The van der Waals surface area contributed by atoms with Gasteiger partial charge < -0.3 is 10.8 Å². The second-order valence-electron chi connectivity index (χ2n) is 14.6. The molecule has 2 heteroatoms. The first-order chi connectivity index (χ1) is 14.9. The molecule has 0 aromatic heterocycles. The van der Waals surface area contributed by atoms with Gasteiger partial charge in [-0.15, -0.1) is 0 Å². The zero-order valence-corrected chi connectivity index (χ0v) is 22.0. The Labute approximate surface area is 198 Å². The largest absolute Gasteiger partial charge is 0.396 e. The first-order valence-electron chi connectivity index (χ1n) is 13.9. The van der Waals surface area contributed by atoms with Crippen molar-refractivity contribution < 1.29 is 5.11 Å². The molecular formula is C30H51NO. The average Bonchev–Trinajstić information content (AvgIpc) is 3.09. The van der Waals surface area contributed by atoms with Gasteiger partial charge in [-0.05, 0) is 122 Å². The molecular weight excluding hydrogens is 390 g/mol. The molecule has 11 atom stereocenters. The lowest BCUT2D eigenvalue weighted by molar-refractivity contribution is -0.241. The van der Waals surface area contributed by atoms with Crippen LogP contribution in [-0.4, -0.2) is 17.8 Å². The third kappa shape index (κ3) is 2.66. The molecule has 0 aromatic rings. The van der Waals surface area contributed by atoms with Crippen molar-refractivity contribution in [3.63, 3.8) is 0 Å². The summed E-state index contributed by atoms with van der Waals surface area (Å²) in [7, 11) is 0. The molecule has 2 nitrogen and oxygen atoms in total. The maximum atomic E-state index is 10.5. The van der Waals surface area contributed by atoms with Gasteiger partial charge in [0.15, 0.2) is 0 Å². The van der Waals surface area contributed by atoms with Crippen molar-refractivity contribution in [2.24, 2.45) is 62.4 Å². The summed E-state index contributed by atoms with van der Waals surface area (Å²) in [5.74, 6) is 3.75. The first kappa shape index (κ1) is 23.4. The molecule has 11 unspecified atom stereocenters. The van der Waals surface area contributed by atoms with Gasteiger partial charge in [0.05, 0.1) is 6.61 Å². The number of nitrogens with two attached hydrogens (primary N) is 1. The fourth-order valence-corrected chi connectivity index (χ4v) is 11.6. The van der Waals surface area contributed by atoms with Crippen LogP contribution in [0.5, 0.6) is 0 Å². The second kappa shape index (κ2) is 7.09. The molecule has 5 fully saturated rings. The van der Waals surface area contributed by atoms with E-state index < -0.39 is 0 Å². The van der Waals surface area contributed by atoms with E-state index in [1.54, 1.807) is 0 Å². The molecule has 5 aliphatic rings. The molecule has 0 radical (unpaired) electrons. The molecule has 3 N–H and O–H groups in total. The number of hydrogen-bond acceptors (Lipinski definition) is 2. The minimum Gasteiger partial charge on any atom is -0.396 e. The zero-order valence-electron chi connectivity index (χ0n) is 22.0. The molecule has 0 spiro atoms. The molecule has 0 amide bonds. The summed E-state index contributed by atoms with van der Waals surface area (Å²) in [6, 6.07) is 0.145. The number of aliphatic hydroxyl groups is 1. The molecule has 5 aliphatic carbocycles. The van der Waals surface area contributed by atoms with Crippen molar-refractivity contribution in [3.05, 3.63) is 12.2 Å². The van der Waals surface area contributed by atoms with Gasteiger partial charge in [-0.25, -0.2) is 0 Å². The fourth-order valence-electron chi connectivity index (χ4n) is 11.6. The molecule has 0 bridgehead atoms. The molecule has 32 heavy (non-hydrogen) atoms. The van der Waals surface area contributed by atoms with Gasteiger partial charge in [-0.1, -0.05) is 46.8 Å². The van der Waals surface area contributed by atoms with Crippen molar-refractivity contribution in [2.75, 3.05) is 6.61 Å². The highest BCUT2D eigenvalue weighted by atomic mass is 16.3. The Morgan fingerprint density at radius 1 is 0.844 bits per heavy atom. The smallest absolute Gasteiger partial charge is 0.0502 e. The zero-order chi connectivity index (χ0) is 23.3. The lowest BCUT2D eigenvalue weighted by atomic mass is 9.32. The Morgan fingerprint density at radius 3 is 2.22 bits per heavy atom. The molecule has 0 saturated heterocycles. The van der Waals surface area contributed by atoms with Crippen LogP contribution in [0.15, 0.2) is 12.2 Å². The van der Waals surface area contributed by atoms with Crippen molar-refractivity contribution in [2.45, 2.75) is 112 Å². The molecule has 182 valence electrons. The summed E-state index contributed by atoms with van der Waals surface area (Å²) < 4.78 is 0. The number of hydrogen-bond donors (Lipinski definition) is 2. The van der Waals surface area contributed by atoms with Gasteiger partial charge in [0.25, 0.3) is 0 Å². The maximum Gasteiger partial charge on any atom is 0.0502 e. The van der Waals surface area contributed by atoms with Crippen molar-refractivity contribution in [3.8, 4) is 0 Å². The first-order valence-corrected chi connectivity index (χ1v) is 13.9. The van der Waals surface area contributed by atoms with Crippen LogP contribution in [0.4, 0.5) is 0 Å².